The summed E-state index contributed by atoms with van der Waals surface area (Å²) in [5.41, 5.74) is 10.0. The molecule has 4 aromatic heterocycles. The van der Waals surface area contributed by atoms with Crippen molar-refractivity contribution in [1.29, 1.82) is 0 Å². The van der Waals surface area contributed by atoms with Crippen LogP contribution in [-0.4, -0.2) is 19.5 Å². The Kier molecular flexibility index (Phi) is 5.84. The summed E-state index contributed by atoms with van der Waals surface area (Å²) in [5.74, 6) is 0.104. The van der Waals surface area contributed by atoms with E-state index < -0.39 is 0 Å². The zero-order valence-electron chi connectivity index (χ0n) is 26.3. The number of phenolic OH excluding ortho intramolecular Hbond substituents is 1. The predicted molar refractivity (Wildman–Crippen MR) is 192 cm³/mol. The van der Waals surface area contributed by atoms with Gasteiger partial charge in [0.15, 0.2) is 11.3 Å². The highest BCUT2D eigenvalue weighted by Crippen LogP contribution is 2.44. The number of para-hydroxylation sites is 2. The minimum Gasteiger partial charge on any atom is -0.504 e. The third-order valence-electron chi connectivity index (χ3n) is 9.28. The van der Waals surface area contributed by atoms with Gasteiger partial charge in [-0.25, -0.2) is 4.98 Å². The van der Waals surface area contributed by atoms with Gasteiger partial charge in [-0.05, 0) is 76.0 Å². The van der Waals surface area contributed by atoms with Crippen LogP contribution in [0.2, 0.25) is 0 Å². The van der Waals surface area contributed by atoms with Crippen LogP contribution in [0.3, 0.4) is 0 Å². The maximum Gasteiger partial charge on any atom is 0.177 e. The zero-order valence-corrected chi connectivity index (χ0v) is 26.3. The van der Waals surface area contributed by atoms with E-state index in [1.54, 1.807) is 0 Å². The molecular weight excluding hydrogens is 578 g/mol. The van der Waals surface area contributed by atoms with Crippen molar-refractivity contribution < 1.29 is 9.52 Å². The third kappa shape index (κ3) is 4.31. The minimum absolute atomic E-state index is 0.104. The van der Waals surface area contributed by atoms with E-state index in [9.17, 15) is 5.11 Å². The van der Waals surface area contributed by atoms with Crippen LogP contribution < -0.4 is 0 Å². The Morgan fingerprint density at radius 1 is 0.638 bits per heavy atom. The predicted octanol–water partition coefficient (Wildman–Crippen LogP) is 10.9. The van der Waals surface area contributed by atoms with Crippen molar-refractivity contribution in [2.24, 2.45) is 0 Å². The molecule has 0 saturated heterocycles. The number of furan rings is 1. The van der Waals surface area contributed by atoms with Gasteiger partial charge in [-0.3, -0.25) is 9.38 Å². The summed E-state index contributed by atoms with van der Waals surface area (Å²) in [6, 6.07) is 39.6. The molecule has 0 bridgehead atoms. The molecule has 0 saturated carbocycles. The van der Waals surface area contributed by atoms with Crippen molar-refractivity contribution in [2.75, 3.05) is 0 Å². The highest BCUT2D eigenvalue weighted by molar-refractivity contribution is 6.22. The summed E-state index contributed by atoms with van der Waals surface area (Å²) in [6.07, 6.45) is 3.96. The molecule has 226 valence electrons. The first-order chi connectivity index (χ1) is 22.8. The van der Waals surface area contributed by atoms with Crippen molar-refractivity contribution in [3.8, 4) is 39.4 Å². The number of benzene rings is 5. The van der Waals surface area contributed by atoms with Gasteiger partial charge >= 0.3 is 0 Å². The van der Waals surface area contributed by atoms with E-state index in [0.717, 1.165) is 66.3 Å². The van der Waals surface area contributed by atoms with Crippen molar-refractivity contribution in [3.05, 3.63) is 133 Å². The summed E-state index contributed by atoms with van der Waals surface area (Å²) in [7, 11) is 0. The van der Waals surface area contributed by atoms with E-state index in [4.69, 9.17) is 14.4 Å². The highest BCUT2D eigenvalue weighted by Gasteiger charge is 2.22. The Morgan fingerprint density at radius 2 is 1.36 bits per heavy atom. The summed E-state index contributed by atoms with van der Waals surface area (Å²) >= 11 is 0. The number of nitrogens with zero attached hydrogens (tertiary/aromatic N) is 3. The molecule has 5 nitrogen and oxygen atoms in total. The molecule has 4 heterocycles. The van der Waals surface area contributed by atoms with E-state index >= 15 is 0 Å². The van der Waals surface area contributed by atoms with Gasteiger partial charge < -0.3 is 9.52 Å². The van der Waals surface area contributed by atoms with Crippen LogP contribution in [0.5, 0.6) is 5.75 Å². The van der Waals surface area contributed by atoms with Crippen LogP contribution in [0.4, 0.5) is 0 Å². The molecule has 0 amide bonds. The topological polar surface area (TPSA) is 63.6 Å². The smallest absolute Gasteiger partial charge is 0.177 e. The quantitative estimate of drug-likeness (QED) is 0.202. The second-order valence-electron chi connectivity index (χ2n) is 13.3. The number of aromatic nitrogens is 3. The Labute approximate surface area is 271 Å². The second kappa shape index (κ2) is 10.0. The monoisotopic (exact) mass is 609 g/mol. The summed E-state index contributed by atoms with van der Waals surface area (Å²) < 4.78 is 8.31. The minimum atomic E-state index is -0.106. The third-order valence-corrected chi connectivity index (χ3v) is 9.28. The first-order valence-electron chi connectivity index (χ1n) is 15.9. The largest absolute Gasteiger partial charge is 0.504 e. The number of fused-ring (bicyclic) bond motifs is 9. The number of hydrogen-bond acceptors (Lipinski definition) is 4. The molecule has 0 fully saturated rings. The standard InChI is InChI=1S/C42H31N3O2/c1-42(2,3)29-20-27(34-22-26(17-18-43-34)25-11-5-4-6-12-25)19-28(21-29)35-24-45-36-15-9-7-13-30(36)32-23-33-31-14-8-10-16-37(31)47-40(33)39(46)38(32)41(45)44-35/h4-24,46H,1-3H3. The van der Waals surface area contributed by atoms with E-state index in [-0.39, 0.29) is 11.2 Å². The van der Waals surface area contributed by atoms with Gasteiger partial charge in [0.05, 0.1) is 22.3 Å². The van der Waals surface area contributed by atoms with Crippen LogP contribution in [0.25, 0.3) is 82.9 Å². The zero-order chi connectivity index (χ0) is 31.9. The Balaban J connectivity index is 1.31. The molecule has 47 heavy (non-hydrogen) atoms. The number of aromatic hydroxyl groups is 1. The van der Waals surface area contributed by atoms with Crippen molar-refractivity contribution in [2.45, 2.75) is 26.2 Å². The first kappa shape index (κ1) is 27.4. The molecule has 5 aromatic carbocycles. The lowest BCUT2D eigenvalue weighted by Gasteiger charge is -2.21. The molecule has 1 N–H and O–H groups in total. The number of phenols is 1. The molecule has 0 spiro atoms. The fraction of sp³-hybridized carbons (Fsp3) is 0.0952. The lowest BCUT2D eigenvalue weighted by atomic mass is 9.84. The van der Waals surface area contributed by atoms with Crippen LogP contribution >= 0.6 is 0 Å². The van der Waals surface area contributed by atoms with Gasteiger partial charge in [-0.1, -0.05) is 87.5 Å². The molecule has 0 atom stereocenters. The van der Waals surface area contributed by atoms with Gasteiger partial charge in [0, 0.05) is 39.7 Å². The van der Waals surface area contributed by atoms with Crippen molar-refractivity contribution >= 4 is 49.3 Å². The average molecular weight is 610 g/mol. The van der Waals surface area contributed by atoms with Crippen molar-refractivity contribution in [3.63, 3.8) is 0 Å². The summed E-state index contributed by atoms with van der Waals surface area (Å²) in [4.78, 5) is 10.1. The molecule has 0 aliphatic rings. The molecular formula is C42H31N3O2. The number of rotatable bonds is 3. The molecule has 0 radical (unpaired) electrons. The number of hydrogen-bond donors (Lipinski definition) is 1. The van der Waals surface area contributed by atoms with Gasteiger partial charge in [0.25, 0.3) is 0 Å². The normalized spacial score (nSPS) is 12.2. The molecule has 9 rings (SSSR count). The maximum absolute atomic E-state index is 11.9. The fourth-order valence-corrected chi connectivity index (χ4v) is 6.83. The Bertz CT molecular complexity index is 2680. The van der Waals surface area contributed by atoms with Gasteiger partial charge in [-0.15, -0.1) is 0 Å². The molecule has 0 aliphatic carbocycles. The van der Waals surface area contributed by atoms with Gasteiger partial charge in [0.2, 0.25) is 0 Å². The molecule has 9 aromatic rings. The molecule has 5 heteroatoms. The maximum atomic E-state index is 11.9. The Hall–Kier alpha value is -5.94. The summed E-state index contributed by atoms with van der Waals surface area (Å²) in [6.45, 7) is 6.68. The van der Waals surface area contributed by atoms with Gasteiger partial charge in [0.1, 0.15) is 11.2 Å². The number of imidazole rings is 1. The second-order valence-corrected chi connectivity index (χ2v) is 13.3. The van der Waals surface area contributed by atoms with Crippen LogP contribution in [0, 0.1) is 0 Å². The first-order valence-corrected chi connectivity index (χ1v) is 15.9. The van der Waals surface area contributed by atoms with E-state index in [0.29, 0.717) is 16.6 Å². The molecule has 0 unspecified atom stereocenters. The lowest BCUT2D eigenvalue weighted by molar-refractivity contribution is 0.475. The van der Waals surface area contributed by atoms with Crippen LogP contribution in [0.1, 0.15) is 26.3 Å². The van der Waals surface area contributed by atoms with Crippen LogP contribution in [0.15, 0.2) is 132 Å². The summed E-state index contributed by atoms with van der Waals surface area (Å²) in [5, 5.41) is 16.4. The lowest BCUT2D eigenvalue weighted by Crippen LogP contribution is -2.11. The SMILES string of the molecule is CC(C)(C)c1cc(-c2cc(-c3ccccc3)ccn2)cc(-c2cn3c4ccccc4c4cc5c(oc6ccccc65)c(O)c4c3n2)c1. The van der Waals surface area contributed by atoms with Gasteiger partial charge in [-0.2, -0.15) is 0 Å². The van der Waals surface area contributed by atoms with E-state index in [2.05, 4.69) is 104 Å². The fourth-order valence-electron chi connectivity index (χ4n) is 6.83. The van der Waals surface area contributed by atoms with E-state index in [1.807, 2.05) is 48.7 Å². The van der Waals surface area contributed by atoms with Crippen molar-refractivity contribution in [1.82, 2.24) is 14.4 Å². The Morgan fingerprint density at radius 3 is 2.17 bits per heavy atom. The van der Waals surface area contributed by atoms with Crippen LogP contribution in [-0.2, 0) is 5.41 Å². The highest BCUT2D eigenvalue weighted by atomic mass is 16.4. The number of pyridine rings is 2. The average Bonchev–Trinajstić information content (AvgIpc) is 3.71. The molecule has 0 aliphatic heterocycles. The van der Waals surface area contributed by atoms with E-state index in [1.165, 1.54) is 5.56 Å².